The van der Waals surface area contributed by atoms with Crippen LogP contribution in [0.15, 0.2) is 60.7 Å². The Morgan fingerprint density at radius 3 is 2.03 bits per heavy atom. The van der Waals surface area contributed by atoms with E-state index in [1.807, 2.05) is 0 Å². The van der Waals surface area contributed by atoms with Gasteiger partial charge in [-0.05, 0) is 38.1 Å². The van der Waals surface area contributed by atoms with Gasteiger partial charge in [0.05, 0.1) is 0 Å². The van der Waals surface area contributed by atoms with E-state index >= 15 is 0 Å². The topological polar surface area (TPSA) is 110 Å². The summed E-state index contributed by atoms with van der Waals surface area (Å²) in [5, 5.41) is 11.2. The minimum Gasteiger partial charge on any atom is -0.457 e. The molecule has 172 valence electrons. The Labute approximate surface area is 185 Å². The Morgan fingerprint density at radius 2 is 1.53 bits per heavy atom. The van der Waals surface area contributed by atoms with Crippen LogP contribution in [0.3, 0.4) is 0 Å². The van der Waals surface area contributed by atoms with Gasteiger partial charge in [-0.25, -0.2) is 4.57 Å². The van der Waals surface area contributed by atoms with E-state index in [2.05, 4.69) is 0 Å². The zero-order chi connectivity index (χ0) is 22.9. The molecule has 2 aliphatic rings. The molecule has 0 saturated carbocycles. The Bertz CT molecular complexity index is 936. The van der Waals surface area contributed by atoms with Gasteiger partial charge in [0.2, 0.25) is 5.85 Å². The van der Waals surface area contributed by atoms with Crippen LogP contribution in [0.25, 0.3) is 0 Å². The number of aliphatic hydroxyl groups excluding tert-OH is 1. The normalized spacial score (nSPS) is 27.4. The largest absolute Gasteiger partial charge is 0.462 e. The number of fused-ring (bicyclic) bond motifs is 1. The van der Waals surface area contributed by atoms with E-state index in [0.717, 1.165) is 0 Å². The van der Waals surface area contributed by atoms with Gasteiger partial charge >= 0.3 is 13.6 Å². The summed E-state index contributed by atoms with van der Waals surface area (Å²) in [6.07, 6.45) is -4.14. The quantitative estimate of drug-likeness (QED) is 0.487. The molecule has 32 heavy (non-hydrogen) atoms. The van der Waals surface area contributed by atoms with Gasteiger partial charge in [0, 0.05) is 6.92 Å². The van der Waals surface area contributed by atoms with Crippen LogP contribution < -0.4 is 9.05 Å². The number of carbonyl (C=O) groups excluding carboxylic acids is 1. The highest BCUT2D eigenvalue weighted by Gasteiger charge is 2.62. The molecular weight excluding hydrogens is 439 g/mol. The molecule has 5 atom stereocenters. The summed E-state index contributed by atoms with van der Waals surface area (Å²) in [6, 6.07) is 16.6. The third-order valence-corrected chi connectivity index (χ3v) is 6.77. The lowest BCUT2D eigenvalue weighted by molar-refractivity contribution is -0.225. The highest BCUT2D eigenvalue weighted by molar-refractivity contribution is 7.55. The predicted molar refractivity (Wildman–Crippen MR) is 112 cm³/mol. The van der Waals surface area contributed by atoms with Crippen molar-refractivity contribution in [3.8, 4) is 11.5 Å². The van der Waals surface area contributed by atoms with E-state index < -0.39 is 49.8 Å². The molecule has 2 aromatic carbocycles. The van der Waals surface area contributed by atoms with E-state index in [0.29, 0.717) is 0 Å². The first-order valence-corrected chi connectivity index (χ1v) is 11.7. The molecule has 2 aromatic rings. The lowest BCUT2D eigenvalue weighted by Gasteiger charge is -2.31. The molecule has 0 aromatic heterocycles. The van der Waals surface area contributed by atoms with Crippen molar-refractivity contribution in [2.45, 2.75) is 57.0 Å². The first-order valence-electron chi connectivity index (χ1n) is 10.1. The molecule has 9 nitrogen and oxygen atoms in total. The van der Waals surface area contributed by atoms with Crippen LogP contribution in [0.4, 0.5) is 0 Å². The van der Waals surface area contributed by atoms with Crippen LogP contribution >= 0.6 is 7.60 Å². The van der Waals surface area contributed by atoms with Crippen molar-refractivity contribution in [2.24, 2.45) is 0 Å². The monoisotopic (exact) mass is 464 g/mol. The number of para-hydroxylation sites is 2. The van der Waals surface area contributed by atoms with Gasteiger partial charge in [-0.1, -0.05) is 36.4 Å². The Balaban J connectivity index is 1.65. The summed E-state index contributed by atoms with van der Waals surface area (Å²) >= 11 is 0. The maximum atomic E-state index is 13.9. The maximum Gasteiger partial charge on any atom is 0.462 e. The van der Waals surface area contributed by atoms with Crippen molar-refractivity contribution < 1.29 is 42.5 Å². The second-order valence-corrected chi connectivity index (χ2v) is 9.88. The van der Waals surface area contributed by atoms with Crippen LogP contribution in [-0.4, -0.2) is 47.3 Å². The maximum absolute atomic E-state index is 13.9. The minimum atomic E-state index is -4.33. The minimum absolute atomic E-state index is 0.224. The molecule has 0 amide bonds. The van der Waals surface area contributed by atoms with Crippen LogP contribution in [-0.2, 0) is 28.3 Å². The zero-order valence-corrected chi connectivity index (χ0v) is 18.7. The summed E-state index contributed by atoms with van der Waals surface area (Å²) in [6.45, 7) is 4.60. The van der Waals surface area contributed by atoms with E-state index in [4.69, 9.17) is 28.0 Å². The van der Waals surface area contributed by atoms with Crippen molar-refractivity contribution >= 4 is 13.6 Å². The summed E-state index contributed by atoms with van der Waals surface area (Å²) in [5.41, 5.74) is 0. The number of aliphatic hydroxyl groups is 1. The van der Waals surface area contributed by atoms with Gasteiger partial charge in [-0.15, -0.1) is 0 Å². The van der Waals surface area contributed by atoms with Crippen molar-refractivity contribution in [1.82, 2.24) is 0 Å². The second-order valence-electron chi connectivity index (χ2n) is 7.91. The summed E-state index contributed by atoms with van der Waals surface area (Å²) in [5.74, 6) is -2.97. The average molecular weight is 464 g/mol. The molecule has 2 fully saturated rings. The second kappa shape index (κ2) is 8.84. The third kappa shape index (κ3) is 4.82. The zero-order valence-electron chi connectivity index (χ0n) is 17.8. The van der Waals surface area contributed by atoms with Crippen LogP contribution in [0, 0.1) is 0 Å². The van der Waals surface area contributed by atoms with E-state index in [9.17, 15) is 14.5 Å². The molecular formula is C22H25O9P. The summed E-state index contributed by atoms with van der Waals surface area (Å²) in [4.78, 5) is 11.8. The van der Waals surface area contributed by atoms with Gasteiger partial charge in [-0.2, -0.15) is 0 Å². The third-order valence-electron chi connectivity index (χ3n) is 4.90. The number of rotatable bonds is 7. The number of carbonyl (C=O) groups is 1. The van der Waals surface area contributed by atoms with Crippen molar-refractivity contribution in [2.75, 3.05) is 0 Å². The standard InChI is InChI=1S/C22H25O9P/c1-14(23)26-17-18(27-21-19(17)28-22(2,3)29-21)20(24)32(25,30-15-10-6-4-7-11-15)31-16-12-8-5-9-13-16/h4-13,17-21,24H,1-3H3/t17-,18-,19+,20+,21+/m0/s1. The Kier molecular flexibility index (Phi) is 6.29. The lowest BCUT2D eigenvalue weighted by atomic mass is 10.1. The van der Waals surface area contributed by atoms with Crippen LogP contribution in [0.2, 0.25) is 0 Å². The molecule has 1 N–H and O–H groups in total. The molecule has 0 aliphatic carbocycles. The van der Waals surface area contributed by atoms with Crippen molar-refractivity contribution in [1.29, 1.82) is 0 Å². The molecule has 10 heteroatoms. The van der Waals surface area contributed by atoms with Gasteiger partial charge < -0.3 is 33.1 Å². The van der Waals surface area contributed by atoms with E-state index in [1.54, 1.807) is 74.5 Å². The molecule has 0 radical (unpaired) electrons. The number of hydrogen-bond acceptors (Lipinski definition) is 9. The van der Waals surface area contributed by atoms with E-state index in [1.165, 1.54) is 6.92 Å². The molecule has 0 spiro atoms. The fourth-order valence-electron chi connectivity index (χ4n) is 3.63. The van der Waals surface area contributed by atoms with Gasteiger partial charge in [0.15, 0.2) is 24.3 Å². The molecule has 0 bridgehead atoms. The molecule has 2 saturated heterocycles. The lowest BCUT2D eigenvalue weighted by Crippen LogP contribution is -2.44. The van der Waals surface area contributed by atoms with Crippen LogP contribution in [0.5, 0.6) is 11.5 Å². The summed E-state index contributed by atoms with van der Waals surface area (Å²) < 4.78 is 48.0. The van der Waals surface area contributed by atoms with Gasteiger partial charge in [-0.3, -0.25) is 4.79 Å². The van der Waals surface area contributed by atoms with Gasteiger partial charge in [0.1, 0.15) is 17.6 Å². The fourth-order valence-corrected chi connectivity index (χ4v) is 5.32. The number of esters is 1. The fraction of sp³-hybridized carbons (Fsp3) is 0.409. The number of benzene rings is 2. The summed E-state index contributed by atoms with van der Waals surface area (Å²) in [7, 11) is -4.33. The predicted octanol–water partition coefficient (Wildman–Crippen LogP) is 3.46. The number of ether oxygens (including phenoxy) is 4. The SMILES string of the molecule is CC(=O)O[C@@H]1[C@H]2OC(C)(C)O[C@H]2O[C@@H]1[C@H](O)P(=O)(Oc1ccccc1)Oc1ccccc1. The molecule has 4 rings (SSSR count). The van der Waals surface area contributed by atoms with Gasteiger partial charge in [0.25, 0.3) is 0 Å². The Hall–Kier alpha value is -2.42. The van der Waals surface area contributed by atoms with E-state index in [-0.39, 0.29) is 11.5 Å². The smallest absolute Gasteiger partial charge is 0.457 e. The highest BCUT2D eigenvalue weighted by atomic mass is 31.2. The van der Waals surface area contributed by atoms with Crippen molar-refractivity contribution in [3.63, 3.8) is 0 Å². The molecule has 2 aliphatic heterocycles. The molecule has 2 heterocycles. The highest BCUT2D eigenvalue weighted by Crippen LogP contribution is 2.56. The first-order chi connectivity index (χ1) is 15.2. The number of hydrogen-bond donors (Lipinski definition) is 1. The Morgan fingerprint density at radius 1 is 1.00 bits per heavy atom. The van der Waals surface area contributed by atoms with Crippen LogP contribution in [0.1, 0.15) is 20.8 Å². The van der Waals surface area contributed by atoms with Crippen molar-refractivity contribution in [3.05, 3.63) is 60.7 Å². The average Bonchev–Trinajstić information content (AvgIpc) is 3.21. The first kappa shape index (κ1) is 22.8. The molecule has 0 unspecified atom stereocenters.